The van der Waals surface area contributed by atoms with E-state index in [2.05, 4.69) is 15.3 Å². The highest BCUT2D eigenvalue weighted by molar-refractivity contribution is 6.28. The van der Waals surface area contributed by atoms with Gasteiger partial charge < -0.3 is 15.8 Å². The van der Waals surface area contributed by atoms with Crippen LogP contribution in [0.5, 0.6) is 5.75 Å². The van der Waals surface area contributed by atoms with Crippen molar-refractivity contribution < 1.29 is 4.74 Å². The van der Waals surface area contributed by atoms with Gasteiger partial charge in [0.05, 0.1) is 18.0 Å². The normalized spacial score (nSPS) is 10.3. The number of nitrogens with zero attached hydrogens (tertiary/aromatic N) is 2. The minimum Gasteiger partial charge on any atom is -0.494 e. The molecule has 3 N–H and O–H groups in total. The molecule has 0 aliphatic heterocycles. The summed E-state index contributed by atoms with van der Waals surface area (Å²) in [6.45, 7) is 4.33. The van der Waals surface area contributed by atoms with E-state index in [0.29, 0.717) is 23.8 Å². The van der Waals surface area contributed by atoms with Gasteiger partial charge in [-0.05, 0) is 37.6 Å². The number of hydrogen-bond acceptors (Lipinski definition) is 5. The van der Waals surface area contributed by atoms with Gasteiger partial charge >= 0.3 is 0 Å². The molecule has 0 amide bonds. The second kappa shape index (κ2) is 5.75. The van der Waals surface area contributed by atoms with E-state index in [1.165, 1.54) is 0 Å². The first-order valence-corrected chi connectivity index (χ1v) is 6.27. The van der Waals surface area contributed by atoms with Gasteiger partial charge in [-0.1, -0.05) is 6.07 Å². The van der Waals surface area contributed by atoms with Crippen LogP contribution in [0.15, 0.2) is 24.3 Å². The van der Waals surface area contributed by atoms with E-state index in [-0.39, 0.29) is 5.28 Å². The third kappa shape index (κ3) is 3.26. The molecule has 0 aliphatic rings. The van der Waals surface area contributed by atoms with Crippen LogP contribution in [-0.2, 0) is 0 Å². The zero-order valence-electron chi connectivity index (χ0n) is 10.8. The first-order valence-electron chi connectivity index (χ1n) is 5.89. The van der Waals surface area contributed by atoms with Gasteiger partial charge in [0.2, 0.25) is 5.28 Å². The molecule has 6 heteroatoms. The van der Waals surface area contributed by atoms with Gasteiger partial charge in [0, 0.05) is 11.8 Å². The zero-order valence-corrected chi connectivity index (χ0v) is 11.5. The van der Waals surface area contributed by atoms with E-state index < -0.39 is 0 Å². The largest absolute Gasteiger partial charge is 0.494 e. The fraction of sp³-hybridized carbons (Fsp3) is 0.231. The summed E-state index contributed by atoms with van der Waals surface area (Å²) in [6.07, 6.45) is 0. The number of anilines is 3. The quantitative estimate of drug-likeness (QED) is 0.841. The Balaban J connectivity index is 2.28. The lowest BCUT2D eigenvalue weighted by Gasteiger charge is -2.11. The molecule has 5 nitrogen and oxygen atoms in total. The van der Waals surface area contributed by atoms with Crippen LogP contribution in [0.2, 0.25) is 5.28 Å². The third-order valence-corrected chi connectivity index (χ3v) is 2.69. The van der Waals surface area contributed by atoms with E-state index >= 15 is 0 Å². The lowest BCUT2D eigenvalue weighted by molar-refractivity contribution is 0.340. The Morgan fingerprint density at radius 1 is 1.37 bits per heavy atom. The van der Waals surface area contributed by atoms with Gasteiger partial charge in [0.1, 0.15) is 5.75 Å². The van der Waals surface area contributed by atoms with E-state index in [1.807, 2.05) is 31.2 Å². The van der Waals surface area contributed by atoms with E-state index in [9.17, 15) is 0 Å². The van der Waals surface area contributed by atoms with Crippen molar-refractivity contribution >= 4 is 28.8 Å². The molecule has 2 rings (SSSR count). The van der Waals surface area contributed by atoms with Gasteiger partial charge in [-0.25, -0.2) is 4.98 Å². The van der Waals surface area contributed by atoms with Crippen LogP contribution in [-0.4, -0.2) is 16.6 Å². The van der Waals surface area contributed by atoms with Crippen LogP contribution in [0.25, 0.3) is 0 Å². The van der Waals surface area contributed by atoms with Crippen LogP contribution >= 0.6 is 11.6 Å². The highest BCUT2D eigenvalue weighted by Crippen LogP contribution is 2.26. The number of nitrogen functional groups attached to an aromatic ring is 1. The predicted molar refractivity (Wildman–Crippen MR) is 77.1 cm³/mol. The van der Waals surface area contributed by atoms with Crippen molar-refractivity contribution in [3.05, 3.63) is 35.2 Å². The van der Waals surface area contributed by atoms with Gasteiger partial charge in [-0.3, -0.25) is 0 Å². The average Bonchev–Trinajstić information content (AvgIpc) is 2.36. The topological polar surface area (TPSA) is 73.1 Å². The van der Waals surface area contributed by atoms with Crippen LogP contribution in [0.3, 0.4) is 0 Å². The fourth-order valence-electron chi connectivity index (χ4n) is 1.61. The maximum atomic E-state index is 5.92. The van der Waals surface area contributed by atoms with Crippen LogP contribution in [0.4, 0.5) is 17.2 Å². The van der Waals surface area contributed by atoms with Gasteiger partial charge in [0.15, 0.2) is 5.82 Å². The molecule has 0 saturated carbocycles. The Morgan fingerprint density at radius 3 is 2.89 bits per heavy atom. The first-order chi connectivity index (χ1) is 9.10. The van der Waals surface area contributed by atoms with Crippen molar-refractivity contribution in [1.82, 2.24) is 9.97 Å². The van der Waals surface area contributed by atoms with E-state index in [1.54, 1.807) is 6.92 Å². The van der Waals surface area contributed by atoms with Crippen LogP contribution in [0.1, 0.15) is 12.6 Å². The highest BCUT2D eigenvalue weighted by Gasteiger charge is 2.08. The number of halogens is 1. The summed E-state index contributed by atoms with van der Waals surface area (Å²) >= 11 is 5.83. The second-order valence-electron chi connectivity index (χ2n) is 3.93. The molecule has 0 spiro atoms. The number of aromatic nitrogens is 2. The number of nitrogens with one attached hydrogen (secondary N) is 1. The van der Waals surface area contributed by atoms with Crippen LogP contribution in [0, 0.1) is 6.92 Å². The Hall–Kier alpha value is -2.01. The summed E-state index contributed by atoms with van der Waals surface area (Å²) in [5.41, 5.74) is 7.86. The van der Waals surface area contributed by atoms with Crippen molar-refractivity contribution in [3.8, 4) is 5.75 Å². The Kier molecular flexibility index (Phi) is 4.06. The molecular formula is C13H15ClN4O. The average molecular weight is 279 g/mol. The number of hydrogen-bond donors (Lipinski definition) is 2. The Morgan fingerprint density at radius 2 is 2.16 bits per heavy atom. The fourth-order valence-corrected chi connectivity index (χ4v) is 1.82. The van der Waals surface area contributed by atoms with Crippen LogP contribution < -0.4 is 15.8 Å². The Labute approximate surface area is 116 Å². The van der Waals surface area contributed by atoms with E-state index in [0.717, 1.165) is 11.4 Å². The zero-order chi connectivity index (χ0) is 13.8. The molecule has 100 valence electrons. The van der Waals surface area contributed by atoms with Gasteiger partial charge in [0.25, 0.3) is 0 Å². The number of nitrogens with two attached hydrogens (primary N) is 1. The predicted octanol–water partition coefficient (Wildman–Crippen LogP) is 3.16. The minimum atomic E-state index is 0.162. The lowest BCUT2D eigenvalue weighted by atomic mass is 10.3. The smallest absolute Gasteiger partial charge is 0.224 e. The standard InChI is InChI=1S/C13H15ClN4O/c1-3-19-10-6-4-5-9(7-10)17-12-11(15)8(2)16-13(14)18-12/h4-7H,3,15H2,1-2H3,(H,16,17,18). The number of ether oxygens (including phenoxy) is 1. The SMILES string of the molecule is CCOc1cccc(Nc2nc(Cl)nc(C)c2N)c1. The number of benzene rings is 1. The van der Waals surface area contributed by atoms with E-state index in [4.69, 9.17) is 22.1 Å². The maximum Gasteiger partial charge on any atom is 0.224 e. The molecule has 19 heavy (non-hydrogen) atoms. The highest BCUT2D eigenvalue weighted by atomic mass is 35.5. The summed E-state index contributed by atoms with van der Waals surface area (Å²) < 4.78 is 5.43. The van der Waals surface area contributed by atoms with Crippen molar-refractivity contribution in [2.45, 2.75) is 13.8 Å². The molecule has 1 aromatic heterocycles. The summed E-state index contributed by atoms with van der Waals surface area (Å²) in [7, 11) is 0. The number of rotatable bonds is 4. The second-order valence-corrected chi connectivity index (χ2v) is 4.26. The number of aryl methyl sites for hydroxylation is 1. The molecule has 1 heterocycles. The molecule has 0 bridgehead atoms. The summed E-state index contributed by atoms with van der Waals surface area (Å²) in [5.74, 6) is 1.27. The van der Waals surface area contributed by atoms with Crippen molar-refractivity contribution in [2.24, 2.45) is 0 Å². The van der Waals surface area contributed by atoms with Crippen molar-refractivity contribution in [1.29, 1.82) is 0 Å². The molecule has 2 aromatic rings. The van der Waals surface area contributed by atoms with Gasteiger partial charge in [-0.15, -0.1) is 0 Å². The molecular weight excluding hydrogens is 264 g/mol. The lowest BCUT2D eigenvalue weighted by Crippen LogP contribution is -2.04. The monoisotopic (exact) mass is 278 g/mol. The summed E-state index contributed by atoms with van der Waals surface area (Å²) in [4.78, 5) is 8.07. The molecule has 0 atom stereocenters. The third-order valence-electron chi connectivity index (χ3n) is 2.52. The molecule has 0 aliphatic carbocycles. The first kappa shape index (κ1) is 13.4. The van der Waals surface area contributed by atoms with Crippen molar-refractivity contribution in [2.75, 3.05) is 17.7 Å². The summed E-state index contributed by atoms with van der Waals surface area (Å²) in [5, 5.41) is 3.27. The summed E-state index contributed by atoms with van der Waals surface area (Å²) in [6, 6.07) is 7.54. The molecule has 0 unspecified atom stereocenters. The molecule has 0 fully saturated rings. The van der Waals surface area contributed by atoms with Gasteiger partial charge in [-0.2, -0.15) is 4.98 Å². The minimum absolute atomic E-state index is 0.162. The molecule has 0 saturated heterocycles. The van der Waals surface area contributed by atoms with Crippen molar-refractivity contribution in [3.63, 3.8) is 0 Å². The molecule has 0 radical (unpaired) electrons. The molecule has 1 aromatic carbocycles. The Bertz CT molecular complexity index is 589. The maximum absolute atomic E-state index is 5.92.